The molecule has 0 rings (SSSR count). The van der Waals surface area contributed by atoms with E-state index in [0.29, 0.717) is 12.8 Å². The van der Waals surface area contributed by atoms with Gasteiger partial charge in [0.15, 0.2) is 6.10 Å². The van der Waals surface area contributed by atoms with Crippen LogP contribution in [0.5, 0.6) is 0 Å². The van der Waals surface area contributed by atoms with Crippen LogP contribution in [0.1, 0.15) is 149 Å². The molecular formula is C32H59O8P. The van der Waals surface area contributed by atoms with Gasteiger partial charge in [-0.15, -0.1) is 0 Å². The normalized spacial score (nSPS) is 12.8. The fourth-order valence-corrected chi connectivity index (χ4v) is 4.59. The molecule has 0 aliphatic heterocycles. The molecule has 41 heavy (non-hydrogen) atoms. The summed E-state index contributed by atoms with van der Waals surface area (Å²) in [6, 6.07) is 0. The Balaban J connectivity index is 4.06. The third kappa shape index (κ3) is 31.3. The molecule has 0 saturated carbocycles. The summed E-state index contributed by atoms with van der Waals surface area (Å²) in [5.41, 5.74) is 0. The molecule has 0 aliphatic carbocycles. The highest BCUT2D eigenvalue weighted by Gasteiger charge is 2.22. The van der Waals surface area contributed by atoms with Crippen LogP contribution in [0.4, 0.5) is 0 Å². The van der Waals surface area contributed by atoms with E-state index in [1.54, 1.807) is 0 Å². The van der Waals surface area contributed by atoms with Crippen LogP contribution in [-0.2, 0) is 28.2 Å². The highest BCUT2D eigenvalue weighted by molar-refractivity contribution is 7.46. The van der Waals surface area contributed by atoms with Crippen LogP contribution in [0.2, 0.25) is 0 Å². The molecule has 0 aromatic carbocycles. The predicted octanol–water partition coefficient (Wildman–Crippen LogP) is 8.90. The lowest BCUT2D eigenvalue weighted by Crippen LogP contribution is -2.29. The number of carbonyl (C=O) groups excluding carboxylic acids is 2. The molecule has 9 heteroatoms. The van der Waals surface area contributed by atoms with Gasteiger partial charge in [-0.25, -0.2) is 4.57 Å². The lowest BCUT2D eigenvalue weighted by molar-refractivity contribution is -0.161. The SMILES string of the molecule is CCCC/C=C\CCCCCCCC(=O)O[C@H](COC(=O)CCCCCCC/C=C\CCCCC)COP(=O)(O)O. The van der Waals surface area contributed by atoms with Crippen molar-refractivity contribution in [1.29, 1.82) is 0 Å². The monoisotopic (exact) mass is 602 g/mol. The van der Waals surface area contributed by atoms with Crippen molar-refractivity contribution >= 4 is 19.8 Å². The first-order valence-corrected chi connectivity index (χ1v) is 17.7. The first-order chi connectivity index (χ1) is 19.8. The van der Waals surface area contributed by atoms with Crippen molar-refractivity contribution in [3.63, 3.8) is 0 Å². The lowest BCUT2D eigenvalue weighted by Gasteiger charge is -2.18. The maximum Gasteiger partial charge on any atom is 0.469 e. The second-order valence-electron chi connectivity index (χ2n) is 10.8. The van der Waals surface area contributed by atoms with Gasteiger partial charge < -0.3 is 19.3 Å². The molecule has 0 heterocycles. The zero-order valence-electron chi connectivity index (χ0n) is 25.9. The zero-order chi connectivity index (χ0) is 30.4. The lowest BCUT2D eigenvalue weighted by atomic mass is 10.1. The first-order valence-electron chi connectivity index (χ1n) is 16.1. The van der Waals surface area contributed by atoms with Gasteiger partial charge in [0.1, 0.15) is 6.61 Å². The summed E-state index contributed by atoms with van der Waals surface area (Å²) in [6.45, 7) is 3.57. The number of rotatable bonds is 29. The number of esters is 2. The Morgan fingerprint density at radius 3 is 1.56 bits per heavy atom. The van der Waals surface area contributed by atoms with Crippen molar-refractivity contribution in [2.45, 2.75) is 155 Å². The van der Waals surface area contributed by atoms with E-state index in [1.807, 2.05) is 0 Å². The summed E-state index contributed by atoms with van der Waals surface area (Å²) in [6.07, 6.45) is 29.0. The zero-order valence-corrected chi connectivity index (χ0v) is 26.8. The number of phosphoric acid groups is 1. The predicted molar refractivity (Wildman–Crippen MR) is 165 cm³/mol. The minimum absolute atomic E-state index is 0.200. The molecule has 0 aliphatic rings. The smallest absolute Gasteiger partial charge is 0.462 e. The van der Waals surface area contributed by atoms with Crippen molar-refractivity contribution in [3.8, 4) is 0 Å². The number of phosphoric ester groups is 1. The van der Waals surface area contributed by atoms with Gasteiger partial charge in [0.2, 0.25) is 0 Å². The maximum absolute atomic E-state index is 12.3. The van der Waals surface area contributed by atoms with Gasteiger partial charge in [-0.1, -0.05) is 102 Å². The molecule has 1 atom stereocenters. The van der Waals surface area contributed by atoms with Crippen molar-refractivity contribution < 1.29 is 37.9 Å². The van der Waals surface area contributed by atoms with E-state index in [2.05, 4.69) is 42.7 Å². The van der Waals surface area contributed by atoms with Crippen LogP contribution in [-0.4, -0.2) is 41.0 Å². The molecule has 8 nitrogen and oxygen atoms in total. The molecule has 2 N–H and O–H groups in total. The van der Waals surface area contributed by atoms with E-state index in [1.165, 1.54) is 38.5 Å². The molecule has 0 aromatic heterocycles. The molecule has 0 spiro atoms. The van der Waals surface area contributed by atoms with E-state index in [9.17, 15) is 14.2 Å². The number of hydrogen-bond acceptors (Lipinski definition) is 6. The van der Waals surface area contributed by atoms with Crippen molar-refractivity contribution in [2.75, 3.05) is 13.2 Å². The summed E-state index contributed by atoms with van der Waals surface area (Å²) in [4.78, 5) is 42.4. The Hall–Kier alpha value is -1.47. The second kappa shape index (κ2) is 28.6. The minimum atomic E-state index is -4.74. The highest BCUT2D eigenvalue weighted by atomic mass is 31.2. The van der Waals surface area contributed by atoms with Gasteiger partial charge in [-0.2, -0.15) is 0 Å². The third-order valence-electron chi connectivity index (χ3n) is 6.69. The van der Waals surface area contributed by atoms with Gasteiger partial charge in [0, 0.05) is 12.8 Å². The molecule has 0 unspecified atom stereocenters. The minimum Gasteiger partial charge on any atom is -0.462 e. The first kappa shape index (κ1) is 39.5. The van der Waals surface area contributed by atoms with Gasteiger partial charge in [0.25, 0.3) is 0 Å². The molecule has 0 amide bonds. The van der Waals surface area contributed by atoms with Gasteiger partial charge in [-0.3, -0.25) is 14.1 Å². The van der Waals surface area contributed by atoms with Gasteiger partial charge in [-0.05, 0) is 57.8 Å². The summed E-state index contributed by atoms with van der Waals surface area (Å²) < 4.78 is 26.1. The Morgan fingerprint density at radius 1 is 0.610 bits per heavy atom. The number of carbonyl (C=O) groups is 2. The van der Waals surface area contributed by atoms with Crippen LogP contribution >= 0.6 is 7.82 Å². The average Bonchev–Trinajstić information content (AvgIpc) is 2.93. The molecule has 0 saturated heterocycles. The average molecular weight is 603 g/mol. The van der Waals surface area contributed by atoms with Crippen molar-refractivity contribution in [1.82, 2.24) is 0 Å². The Labute approximate surface area is 249 Å². The fourth-order valence-electron chi connectivity index (χ4n) is 4.23. The van der Waals surface area contributed by atoms with Crippen LogP contribution in [0.15, 0.2) is 24.3 Å². The van der Waals surface area contributed by atoms with Gasteiger partial charge >= 0.3 is 19.8 Å². The summed E-state index contributed by atoms with van der Waals surface area (Å²) >= 11 is 0. The van der Waals surface area contributed by atoms with Crippen LogP contribution in [0.25, 0.3) is 0 Å². The Bertz CT molecular complexity index is 731. The van der Waals surface area contributed by atoms with Crippen LogP contribution in [0, 0.1) is 0 Å². The summed E-state index contributed by atoms with van der Waals surface area (Å²) in [5, 5.41) is 0. The fraction of sp³-hybridized carbons (Fsp3) is 0.812. The van der Waals surface area contributed by atoms with Gasteiger partial charge in [0.05, 0.1) is 6.61 Å². The van der Waals surface area contributed by atoms with E-state index >= 15 is 0 Å². The number of unbranched alkanes of at least 4 members (excludes halogenated alkanes) is 15. The maximum atomic E-state index is 12.3. The van der Waals surface area contributed by atoms with Crippen LogP contribution in [0.3, 0.4) is 0 Å². The number of hydrogen-bond donors (Lipinski definition) is 2. The van der Waals surface area contributed by atoms with E-state index in [4.69, 9.17) is 19.3 Å². The highest BCUT2D eigenvalue weighted by Crippen LogP contribution is 2.35. The second-order valence-corrected chi connectivity index (χ2v) is 12.0. The quantitative estimate of drug-likeness (QED) is 0.0377. The number of allylic oxidation sites excluding steroid dienone is 4. The summed E-state index contributed by atoms with van der Waals surface area (Å²) in [5.74, 6) is -0.910. The van der Waals surface area contributed by atoms with Crippen LogP contribution < -0.4 is 0 Å². The molecule has 0 bridgehead atoms. The summed E-state index contributed by atoms with van der Waals surface area (Å²) in [7, 11) is -4.74. The van der Waals surface area contributed by atoms with E-state index in [0.717, 1.165) is 70.6 Å². The molecule has 0 aromatic rings. The number of ether oxygens (including phenoxy) is 2. The molecule has 0 fully saturated rings. The van der Waals surface area contributed by atoms with E-state index < -0.39 is 32.5 Å². The Kier molecular flexibility index (Phi) is 27.6. The van der Waals surface area contributed by atoms with Crippen molar-refractivity contribution in [3.05, 3.63) is 24.3 Å². The van der Waals surface area contributed by atoms with Crippen molar-refractivity contribution in [2.24, 2.45) is 0 Å². The van der Waals surface area contributed by atoms with E-state index in [-0.39, 0.29) is 19.4 Å². The Morgan fingerprint density at radius 2 is 1.05 bits per heavy atom. The molecule has 240 valence electrons. The largest absolute Gasteiger partial charge is 0.469 e. The topological polar surface area (TPSA) is 119 Å². The third-order valence-corrected chi connectivity index (χ3v) is 7.18. The standard InChI is InChI=1S/C32H59O8P/c1-3-5-7-9-11-13-15-17-18-20-22-24-26-31(33)38-28-30(29-39-41(35,36)37)40-32(34)27-25-23-21-19-16-14-12-10-8-6-4-2/h10-13,30H,3-9,14-29H2,1-2H3,(H2,35,36,37)/b12-10-,13-11-/t30-/m1/s1. The molecule has 0 radical (unpaired) electrons. The molecular weight excluding hydrogens is 543 g/mol.